The van der Waals surface area contributed by atoms with Gasteiger partial charge >= 0.3 is 0 Å². The number of rotatable bonds is 4. The Morgan fingerprint density at radius 2 is 1.72 bits per heavy atom. The van der Waals surface area contributed by atoms with Crippen LogP contribution in [0.1, 0.15) is 17.2 Å². The molecule has 1 atom stereocenters. The number of isocyanates is 1. The maximum absolute atomic E-state index is 13.6. The summed E-state index contributed by atoms with van der Waals surface area (Å²) in [6.07, 6.45) is 1.91. The molecule has 0 spiro atoms. The minimum Gasteiger partial charge on any atom is -0.211 e. The van der Waals surface area contributed by atoms with E-state index in [1.165, 1.54) is 6.07 Å². The maximum atomic E-state index is 13.6. The van der Waals surface area contributed by atoms with Crippen LogP contribution >= 0.6 is 0 Å². The van der Waals surface area contributed by atoms with E-state index in [9.17, 15) is 9.18 Å². The van der Waals surface area contributed by atoms with Crippen LogP contribution in [-0.4, -0.2) is 6.08 Å². The number of hydrogen-bond acceptors (Lipinski definition) is 2. The summed E-state index contributed by atoms with van der Waals surface area (Å²) >= 11 is 0. The molecular formula is C15H12FNO. The SMILES string of the molecule is O=C=NC(Cc1ccccc1F)c1ccccc1. The molecule has 2 aromatic rings. The van der Waals surface area contributed by atoms with E-state index in [4.69, 9.17) is 0 Å². The van der Waals surface area contributed by atoms with Gasteiger partial charge in [-0.3, -0.25) is 0 Å². The van der Waals surface area contributed by atoms with Gasteiger partial charge in [-0.2, -0.15) is 4.99 Å². The average Bonchev–Trinajstić information content (AvgIpc) is 2.42. The minimum absolute atomic E-state index is 0.278. The Bertz CT molecular complexity index is 562. The first-order valence-electron chi connectivity index (χ1n) is 5.66. The Morgan fingerprint density at radius 3 is 2.39 bits per heavy atom. The molecule has 0 radical (unpaired) electrons. The Hall–Kier alpha value is -2.25. The lowest BCUT2D eigenvalue weighted by Gasteiger charge is -2.11. The lowest BCUT2D eigenvalue weighted by Crippen LogP contribution is -2.02. The van der Waals surface area contributed by atoms with Crippen LogP contribution in [0.4, 0.5) is 4.39 Å². The zero-order chi connectivity index (χ0) is 12.8. The van der Waals surface area contributed by atoms with Crippen molar-refractivity contribution in [2.75, 3.05) is 0 Å². The van der Waals surface area contributed by atoms with Gasteiger partial charge in [-0.1, -0.05) is 48.5 Å². The molecule has 0 bridgehead atoms. The van der Waals surface area contributed by atoms with Crippen molar-refractivity contribution < 1.29 is 9.18 Å². The molecule has 0 fully saturated rings. The van der Waals surface area contributed by atoms with Crippen LogP contribution in [0.5, 0.6) is 0 Å². The van der Waals surface area contributed by atoms with Gasteiger partial charge in [0.05, 0.1) is 6.04 Å². The fourth-order valence-electron chi connectivity index (χ4n) is 1.85. The Kier molecular flexibility index (Phi) is 4.00. The van der Waals surface area contributed by atoms with Crippen LogP contribution in [0.15, 0.2) is 59.6 Å². The van der Waals surface area contributed by atoms with Gasteiger partial charge in [0.15, 0.2) is 0 Å². The highest BCUT2D eigenvalue weighted by Gasteiger charge is 2.13. The largest absolute Gasteiger partial charge is 0.235 e. The van der Waals surface area contributed by atoms with E-state index in [1.807, 2.05) is 30.3 Å². The monoisotopic (exact) mass is 241 g/mol. The lowest BCUT2D eigenvalue weighted by atomic mass is 9.99. The van der Waals surface area contributed by atoms with Crippen molar-refractivity contribution in [3.8, 4) is 0 Å². The van der Waals surface area contributed by atoms with Crippen molar-refractivity contribution in [1.82, 2.24) is 0 Å². The van der Waals surface area contributed by atoms with E-state index in [-0.39, 0.29) is 11.9 Å². The van der Waals surface area contributed by atoms with Gasteiger partial charge in [-0.05, 0) is 17.2 Å². The van der Waals surface area contributed by atoms with Crippen molar-refractivity contribution in [2.24, 2.45) is 4.99 Å². The van der Waals surface area contributed by atoms with Crippen molar-refractivity contribution in [3.05, 3.63) is 71.5 Å². The molecule has 0 saturated heterocycles. The standard InChI is InChI=1S/C15H12FNO/c16-14-9-5-4-8-13(14)10-15(17-11-18)12-6-2-1-3-7-12/h1-9,15H,10H2. The second-order valence-electron chi connectivity index (χ2n) is 3.94. The van der Waals surface area contributed by atoms with Crippen LogP contribution in [-0.2, 0) is 11.2 Å². The molecule has 2 rings (SSSR count). The summed E-state index contributed by atoms with van der Waals surface area (Å²) in [5, 5.41) is 0. The molecule has 0 aliphatic heterocycles. The summed E-state index contributed by atoms with van der Waals surface area (Å²) in [5.41, 5.74) is 1.43. The molecule has 0 N–H and O–H groups in total. The molecular weight excluding hydrogens is 229 g/mol. The third-order valence-corrected chi connectivity index (χ3v) is 2.76. The molecule has 0 aliphatic carbocycles. The average molecular weight is 241 g/mol. The molecule has 0 aromatic heterocycles. The van der Waals surface area contributed by atoms with Gasteiger partial charge in [0.25, 0.3) is 0 Å². The van der Waals surface area contributed by atoms with Crippen molar-refractivity contribution >= 4 is 6.08 Å². The second kappa shape index (κ2) is 5.89. The molecule has 0 aliphatic rings. The second-order valence-corrected chi connectivity index (χ2v) is 3.94. The molecule has 18 heavy (non-hydrogen) atoms. The molecule has 2 nitrogen and oxygen atoms in total. The molecule has 1 unspecified atom stereocenters. The predicted molar refractivity (Wildman–Crippen MR) is 67.4 cm³/mol. The number of aliphatic imine (C=N–C) groups is 1. The Labute approximate surface area is 105 Å². The van der Waals surface area contributed by atoms with E-state index in [0.717, 1.165) is 5.56 Å². The minimum atomic E-state index is -0.388. The van der Waals surface area contributed by atoms with E-state index in [0.29, 0.717) is 12.0 Å². The van der Waals surface area contributed by atoms with E-state index >= 15 is 0 Å². The fourth-order valence-corrected chi connectivity index (χ4v) is 1.85. The molecule has 0 amide bonds. The van der Waals surface area contributed by atoms with Gasteiger partial charge in [-0.25, -0.2) is 9.18 Å². The summed E-state index contributed by atoms with van der Waals surface area (Å²) in [4.78, 5) is 14.2. The van der Waals surface area contributed by atoms with Crippen molar-refractivity contribution in [1.29, 1.82) is 0 Å². The van der Waals surface area contributed by atoms with Crippen LogP contribution < -0.4 is 0 Å². The number of carbonyl (C=O) groups excluding carboxylic acids is 1. The summed E-state index contributed by atoms with van der Waals surface area (Å²) in [7, 11) is 0. The van der Waals surface area contributed by atoms with E-state index in [2.05, 4.69) is 4.99 Å². The predicted octanol–water partition coefficient (Wildman–Crippen LogP) is 3.45. The topological polar surface area (TPSA) is 29.4 Å². The van der Waals surface area contributed by atoms with E-state index < -0.39 is 0 Å². The summed E-state index contributed by atoms with van der Waals surface area (Å²) < 4.78 is 13.6. The van der Waals surface area contributed by atoms with Crippen molar-refractivity contribution in [3.63, 3.8) is 0 Å². The van der Waals surface area contributed by atoms with Crippen LogP contribution in [0, 0.1) is 5.82 Å². The first-order chi connectivity index (χ1) is 8.81. The zero-order valence-corrected chi connectivity index (χ0v) is 9.71. The van der Waals surface area contributed by atoms with Gasteiger partial charge in [0.2, 0.25) is 6.08 Å². The normalized spacial score (nSPS) is 11.6. The first kappa shape index (κ1) is 12.2. The molecule has 0 heterocycles. The fraction of sp³-hybridized carbons (Fsp3) is 0.133. The van der Waals surface area contributed by atoms with Gasteiger partial charge in [-0.15, -0.1) is 0 Å². The number of halogens is 1. The number of benzene rings is 2. The number of hydrogen-bond donors (Lipinski definition) is 0. The van der Waals surface area contributed by atoms with Crippen LogP contribution in [0.2, 0.25) is 0 Å². The highest BCUT2D eigenvalue weighted by molar-refractivity contribution is 5.36. The Morgan fingerprint density at radius 1 is 1.06 bits per heavy atom. The maximum Gasteiger partial charge on any atom is 0.235 e. The third kappa shape index (κ3) is 2.90. The molecule has 2 aromatic carbocycles. The van der Waals surface area contributed by atoms with E-state index in [1.54, 1.807) is 24.3 Å². The summed E-state index contributed by atoms with van der Waals surface area (Å²) in [6, 6.07) is 15.5. The Balaban J connectivity index is 2.28. The highest BCUT2D eigenvalue weighted by atomic mass is 19.1. The van der Waals surface area contributed by atoms with Gasteiger partial charge in [0.1, 0.15) is 5.82 Å². The van der Waals surface area contributed by atoms with Crippen LogP contribution in [0.3, 0.4) is 0 Å². The molecule has 0 saturated carbocycles. The first-order valence-corrected chi connectivity index (χ1v) is 5.66. The molecule has 90 valence electrons. The van der Waals surface area contributed by atoms with Gasteiger partial charge < -0.3 is 0 Å². The summed E-state index contributed by atoms with van der Waals surface area (Å²) in [5.74, 6) is -0.278. The smallest absolute Gasteiger partial charge is 0.211 e. The van der Waals surface area contributed by atoms with Crippen molar-refractivity contribution in [2.45, 2.75) is 12.5 Å². The lowest BCUT2D eigenvalue weighted by molar-refractivity contribution is 0.553. The molecule has 3 heteroatoms. The van der Waals surface area contributed by atoms with Gasteiger partial charge in [0, 0.05) is 6.42 Å². The zero-order valence-electron chi connectivity index (χ0n) is 9.71. The highest BCUT2D eigenvalue weighted by Crippen LogP contribution is 2.23. The summed E-state index contributed by atoms with van der Waals surface area (Å²) in [6.45, 7) is 0. The van der Waals surface area contributed by atoms with Crippen LogP contribution in [0.25, 0.3) is 0 Å². The quantitative estimate of drug-likeness (QED) is 0.595. The number of nitrogens with zero attached hydrogens (tertiary/aromatic N) is 1. The third-order valence-electron chi connectivity index (χ3n) is 2.76.